The maximum Gasteiger partial charge on any atom is 0.265 e. The second-order valence-electron chi connectivity index (χ2n) is 4.85. The fraction of sp³-hybridized carbons (Fsp3) is 0.188. The van der Waals surface area contributed by atoms with Crippen LogP contribution in [0.5, 0.6) is 5.75 Å². The molecule has 0 spiro atoms. The van der Waals surface area contributed by atoms with Crippen LogP contribution < -0.4 is 15.4 Å². The molecule has 1 amide bonds. The number of carbonyl (C=O) groups excluding carboxylic acids is 1. The van der Waals surface area contributed by atoms with E-state index in [1.54, 1.807) is 11.0 Å². The highest BCUT2D eigenvalue weighted by molar-refractivity contribution is 5.97. The van der Waals surface area contributed by atoms with Crippen LogP contribution in [0.4, 0.5) is 10.1 Å². The average Bonchev–Trinajstić information content (AvgIpc) is 2.50. The van der Waals surface area contributed by atoms with Crippen LogP contribution in [0.15, 0.2) is 42.5 Å². The van der Waals surface area contributed by atoms with E-state index in [2.05, 4.69) is 0 Å². The number of halogens is 1. The van der Waals surface area contributed by atoms with E-state index >= 15 is 0 Å². The van der Waals surface area contributed by atoms with Gasteiger partial charge in [-0.25, -0.2) is 4.39 Å². The second-order valence-corrected chi connectivity index (χ2v) is 4.85. The van der Waals surface area contributed by atoms with Crippen molar-refractivity contribution < 1.29 is 13.9 Å². The first-order valence-corrected chi connectivity index (χ1v) is 6.68. The van der Waals surface area contributed by atoms with E-state index in [0.717, 1.165) is 5.56 Å². The number of fused-ring (bicyclic) bond motifs is 1. The van der Waals surface area contributed by atoms with E-state index in [4.69, 9.17) is 10.5 Å². The molecule has 1 aliphatic rings. The number of hydrogen-bond acceptors (Lipinski definition) is 3. The number of amides is 1. The summed E-state index contributed by atoms with van der Waals surface area (Å²) in [6, 6.07) is 11.8. The molecular weight excluding hydrogens is 271 g/mol. The molecule has 5 heteroatoms. The van der Waals surface area contributed by atoms with Crippen molar-refractivity contribution in [2.45, 2.75) is 13.1 Å². The number of ether oxygens (including phenoxy) is 1. The summed E-state index contributed by atoms with van der Waals surface area (Å²) in [5, 5.41) is 0. The molecule has 4 nitrogen and oxygen atoms in total. The Balaban J connectivity index is 1.98. The van der Waals surface area contributed by atoms with Crippen molar-refractivity contribution in [2.24, 2.45) is 5.73 Å². The van der Waals surface area contributed by atoms with Crippen LogP contribution in [0.1, 0.15) is 11.1 Å². The lowest BCUT2D eigenvalue weighted by Gasteiger charge is -2.30. The van der Waals surface area contributed by atoms with E-state index in [-0.39, 0.29) is 24.9 Å². The molecule has 0 aliphatic carbocycles. The van der Waals surface area contributed by atoms with Crippen molar-refractivity contribution in [1.29, 1.82) is 0 Å². The minimum absolute atomic E-state index is 0.00964. The molecule has 2 aromatic rings. The lowest BCUT2D eigenvalue weighted by molar-refractivity contribution is -0.121. The lowest BCUT2D eigenvalue weighted by atomic mass is 10.1. The molecule has 0 aromatic heterocycles. The first-order valence-electron chi connectivity index (χ1n) is 6.68. The maximum absolute atomic E-state index is 13.5. The number of anilines is 1. The van der Waals surface area contributed by atoms with E-state index in [0.29, 0.717) is 23.5 Å². The number of nitrogens with zero attached hydrogens (tertiary/aromatic N) is 1. The van der Waals surface area contributed by atoms with Gasteiger partial charge in [0.1, 0.15) is 11.6 Å². The quantitative estimate of drug-likeness (QED) is 0.941. The standard InChI is InChI=1S/C16H15FN2O2/c17-13-6-5-11(8-18)12(7-13)9-19-14-3-1-2-4-15(14)21-10-16(19)20/h1-7H,8-10,18H2. The average molecular weight is 286 g/mol. The topological polar surface area (TPSA) is 55.6 Å². The lowest BCUT2D eigenvalue weighted by Crippen LogP contribution is -2.38. The van der Waals surface area contributed by atoms with Crippen molar-refractivity contribution in [2.75, 3.05) is 11.5 Å². The zero-order valence-corrected chi connectivity index (χ0v) is 11.4. The van der Waals surface area contributed by atoms with Gasteiger partial charge < -0.3 is 15.4 Å². The van der Waals surface area contributed by atoms with Gasteiger partial charge >= 0.3 is 0 Å². The van der Waals surface area contributed by atoms with Crippen LogP contribution in [0.2, 0.25) is 0 Å². The third kappa shape index (κ3) is 2.60. The minimum Gasteiger partial charge on any atom is -0.482 e. The molecule has 0 unspecified atom stereocenters. The third-order valence-corrected chi connectivity index (χ3v) is 3.52. The zero-order chi connectivity index (χ0) is 14.8. The van der Waals surface area contributed by atoms with Crippen LogP contribution in [0.3, 0.4) is 0 Å². The van der Waals surface area contributed by atoms with Crippen LogP contribution in [-0.4, -0.2) is 12.5 Å². The molecule has 0 saturated carbocycles. The Morgan fingerprint density at radius 1 is 1.19 bits per heavy atom. The Labute approximate surface area is 121 Å². The van der Waals surface area contributed by atoms with Crippen molar-refractivity contribution in [3.63, 3.8) is 0 Å². The van der Waals surface area contributed by atoms with Crippen LogP contribution in [-0.2, 0) is 17.9 Å². The van der Waals surface area contributed by atoms with Gasteiger partial charge in [0, 0.05) is 6.54 Å². The second kappa shape index (κ2) is 5.54. The normalized spacial score (nSPS) is 13.8. The smallest absolute Gasteiger partial charge is 0.265 e. The molecule has 2 aromatic carbocycles. The SMILES string of the molecule is NCc1ccc(F)cc1CN1C(=O)COc2ccccc21. The third-order valence-electron chi connectivity index (χ3n) is 3.52. The van der Waals surface area contributed by atoms with Gasteiger partial charge in [0.25, 0.3) is 5.91 Å². The number of carbonyl (C=O) groups is 1. The largest absolute Gasteiger partial charge is 0.482 e. The summed E-state index contributed by atoms with van der Waals surface area (Å²) in [4.78, 5) is 13.7. The first-order chi connectivity index (χ1) is 10.2. The van der Waals surface area contributed by atoms with Gasteiger partial charge in [0.15, 0.2) is 6.61 Å². The fourth-order valence-electron chi connectivity index (χ4n) is 2.44. The Morgan fingerprint density at radius 2 is 2.00 bits per heavy atom. The van der Waals surface area contributed by atoms with Gasteiger partial charge in [-0.2, -0.15) is 0 Å². The molecule has 0 bridgehead atoms. The monoisotopic (exact) mass is 286 g/mol. The van der Waals surface area contributed by atoms with Gasteiger partial charge in [-0.05, 0) is 35.4 Å². The highest BCUT2D eigenvalue weighted by Gasteiger charge is 2.25. The summed E-state index contributed by atoms with van der Waals surface area (Å²) in [6.45, 7) is 0.573. The van der Waals surface area contributed by atoms with Crippen molar-refractivity contribution >= 4 is 11.6 Å². The number of rotatable bonds is 3. The van der Waals surface area contributed by atoms with Gasteiger partial charge in [-0.3, -0.25) is 4.79 Å². The van der Waals surface area contributed by atoms with Crippen molar-refractivity contribution in [3.05, 3.63) is 59.4 Å². The van der Waals surface area contributed by atoms with Crippen LogP contribution in [0, 0.1) is 5.82 Å². The highest BCUT2D eigenvalue weighted by atomic mass is 19.1. The number of benzene rings is 2. The number of hydrogen-bond donors (Lipinski definition) is 1. The Hall–Kier alpha value is -2.40. The minimum atomic E-state index is -0.337. The molecular formula is C16H15FN2O2. The summed E-state index contributed by atoms with van der Waals surface area (Å²) in [7, 11) is 0. The molecule has 21 heavy (non-hydrogen) atoms. The zero-order valence-electron chi connectivity index (χ0n) is 11.4. The van der Waals surface area contributed by atoms with E-state index in [1.807, 2.05) is 24.3 Å². The molecule has 3 rings (SSSR count). The Bertz CT molecular complexity index is 688. The van der Waals surface area contributed by atoms with Crippen molar-refractivity contribution in [3.8, 4) is 5.75 Å². The predicted octanol–water partition coefficient (Wildman–Crippen LogP) is 2.21. The fourth-order valence-corrected chi connectivity index (χ4v) is 2.44. The van der Waals surface area contributed by atoms with E-state index in [9.17, 15) is 9.18 Å². The number of para-hydroxylation sites is 2. The van der Waals surface area contributed by atoms with E-state index in [1.165, 1.54) is 12.1 Å². The molecule has 1 heterocycles. The van der Waals surface area contributed by atoms with E-state index < -0.39 is 0 Å². The molecule has 2 N–H and O–H groups in total. The van der Waals surface area contributed by atoms with Gasteiger partial charge in [0.05, 0.1) is 12.2 Å². The van der Waals surface area contributed by atoms with Crippen molar-refractivity contribution in [1.82, 2.24) is 0 Å². The van der Waals surface area contributed by atoms with Gasteiger partial charge in [-0.15, -0.1) is 0 Å². The predicted molar refractivity (Wildman–Crippen MR) is 77.4 cm³/mol. The molecule has 1 aliphatic heterocycles. The Kier molecular flexibility index (Phi) is 3.58. The number of nitrogens with two attached hydrogens (primary N) is 1. The maximum atomic E-state index is 13.5. The highest BCUT2D eigenvalue weighted by Crippen LogP contribution is 2.32. The molecule has 0 atom stereocenters. The summed E-state index contributed by atoms with van der Waals surface area (Å²) in [5.74, 6) is 0.167. The summed E-state index contributed by atoms with van der Waals surface area (Å²) in [6.07, 6.45) is 0. The molecule has 0 radical (unpaired) electrons. The van der Waals surface area contributed by atoms with Gasteiger partial charge in [0.2, 0.25) is 0 Å². The molecule has 0 saturated heterocycles. The summed E-state index contributed by atoms with van der Waals surface area (Å²) in [5.41, 5.74) is 7.92. The molecule has 108 valence electrons. The molecule has 0 fully saturated rings. The Morgan fingerprint density at radius 3 is 2.81 bits per heavy atom. The first kappa shape index (κ1) is 13.6. The summed E-state index contributed by atoms with van der Waals surface area (Å²) >= 11 is 0. The summed E-state index contributed by atoms with van der Waals surface area (Å²) < 4.78 is 18.9. The van der Waals surface area contributed by atoms with Gasteiger partial charge in [-0.1, -0.05) is 18.2 Å². The van der Waals surface area contributed by atoms with Crippen LogP contribution >= 0.6 is 0 Å². The van der Waals surface area contributed by atoms with Crippen LogP contribution in [0.25, 0.3) is 0 Å².